The molecular weight excluding hydrogens is 313 g/mol. The van der Waals surface area contributed by atoms with Gasteiger partial charge >= 0.3 is 0 Å². The molecule has 3 rings (SSSR count). The second-order valence-corrected chi connectivity index (χ2v) is 4.99. The number of guanidine groups is 1. The van der Waals surface area contributed by atoms with E-state index in [4.69, 9.17) is 9.47 Å². The van der Waals surface area contributed by atoms with Crippen LogP contribution in [0.1, 0.15) is 11.1 Å². The van der Waals surface area contributed by atoms with Crippen LogP contribution in [0.5, 0.6) is 11.5 Å². The monoisotopic (exact) mass is 331 g/mol. The molecule has 2 aromatic carbocycles. The molecule has 0 atom stereocenters. The first-order valence-corrected chi connectivity index (χ1v) is 7.36. The fourth-order valence-electron chi connectivity index (χ4n) is 2.23. The normalized spacial score (nSPS) is 13.2. The maximum atomic E-state index is 13.8. The minimum Gasteiger partial charge on any atom is -0.493 e. The van der Waals surface area contributed by atoms with Crippen LogP contribution in [0.25, 0.3) is 0 Å². The van der Waals surface area contributed by atoms with Crippen molar-refractivity contribution in [2.75, 3.05) is 7.11 Å². The third kappa shape index (κ3) is 3.73. The van der Waals surface area contributed by atoms with Gasteiger partial charge in [-0.25, -0.2) is 9.38 Å². The van der Waals surface area contributed by atoms with E-state index >= 15 is 0 Å². The molecule has 0 saturated carbocycles. The molecular formula is C16H18FN5O2. The van der Waals surface area contributed by atoms with Crippen molar-refractivity contribution in [1.82, 2.24) is 21.9 Å². The summed E-state index contributed by atoms with van der Waals surface area (Å²) in [5.74, 6) is 1.38. The predicted molar refractivity (Wildman–Crippen MR) is 87.4 cm³/mol. The van der Waals surface area contributed by atoms with Crippen LogP contribution in [0.3, 0.4) is 0 Å². The van der Waals surface area contributed by atoms with Crippen molar-refractivity contribution in [3.05, 3.63) is 59.4 Å². The number of rotatable bonds is 6. The fraction of sp³-hybridized carbons (Fsp3) is 0.188. The number of ether oxygens (including phenoxy) is 2. The zero-order valence-electron chi connectivity index (χ0n) is 13.1. The molecule has 0 radical (unpaired) electrons. The number of methoxy groups -OCH3 is 1. The van der Waals surface area contributed by atoms with Gasteiger partial charge in [0.05, 0.1) is 13.7 Å². The van der Waals surface area contributed by atoms with Crippen LogP contribution in [0, 0.1) is 5.82 Å². The van der Waals surface area contributed by atoms with E-state index in [1.54, 1.807) is 31.4 Å². The summed E-state index contributed by atoms with van der Waals surface area (Å²) >= 11 is 0. The Hall–Kier alpha value is -2.84. The van der Waals surface area contributed by atoms with Gasteiger partial charge in [-0.15, -0.1) is 0 Å². The molecule has 0 aliphatic carbocycles. The first-order valence-electron chi connectivity index (χ1n) is 7.36. The Labute approximate surface area is 138 Å². The van der Waals surface area contributed by atoms with Crippen molar-refractivity contribution in [2.24, 2.45) is 4.99 Å². The van der Waals surface area contributed by atoms with Crippen LogP contribution < -0.4 is 31.4 Å². The predicted octanol–water partition coefficient (Wildman–Crippen LogP) is 1.39. The number of hydrazine groups is 3. The Kier molecular flexibility index (Phi) is 5.09. The minimum atomic E-state index is -0.300. The largest absolute Gasteiger partial charge is 0.493 e. The molecule has 0 bridgehead atoms. The molecule has 0 amide bonds. The van der Waals surface area contributed by atoms with Gasteiger partial charge in [0.2, 0.25) is 5.96 Å². The second-order valence-electron chi connectivity index (χ2n) is 4.99. The zero-order valence-corrected chi connectivity index (χ0v) is 13.1. The first-order chi connectivity index (χ1) is 11.8. The summed E-state index contributed by atoms with van der Waals surface area (Å²) in [4.78, 5) is 4.36. The lowest BCUT2D eigenvalue weighted by atomic mass is 10.1. The number of para-hydroxylation sites is 1. The van der Waals surface area contributed by atoms with Crippen molar-refractivity contribution in [3.63, 3.8) is 0 Å². The second kappa shape index (κ2) is 7.62. The lowest BCUT2D eigenvalue weighted by Gasteiger charge is -2.14. The molecule has 8 heteroatoms. The third-order valence-corrected chi connectivity index (χ3v) is 3.44. The maximum Gasteiger partial charge on any atom is 0.223 e. The molecule has 1 heterocycles. The van der Waals surface area contributed by atoms with Crippen LogP contribution in [0.4, 0.5) is 4.39 Å². The Morgan fingerprint density at radius 1 is 1.00 bits per heavy atom. The highest BCUT2D eigenvalue weighted by atomic mass is 19.1. The lowest BCUT2D eigenvalue weighted by Crippen LogP contribution is -2.33. The van der Waals surface area contributed by atoms with E-state index in [0.717, 1.165) is 5.56 Å². The Morgan fingerprint density at radius 3 is 2.50 bits per heavy atom. The van der Waals surface area contributed by atoms with Gasteiger partial charge in [-0.3, -0.25) is 10.9 Å². The Morgan fingerprint density at radius 2 is 1.75 bits per heavy atom. The highest BCUT2D eigenvalue weighted by Crippen LogP contribution is 2.32. The standard InChI is InChI=1S/C16H18FN5O2/c1-23-14-8-4-6-11(9-18-16-19-21-22-20-16)15(14)24-10-12-5-2-3-7-13(12)17/h2-8,21-22H,9-10H2,1H3,(H2,18,19,20). The summed E-state index contributed by atoms with van der Waals surface area (Å²) in [6.07, 6.45) is 0. The van der Waals surface area contributed by atoms with Gasteiger partial charge in [0.1, 0.15) is 12.4 Å². The van der Waals surface area contributed by atoms with Crippen molar-refractivity contribution in [3.8, 4) is 11.5 Å². The van der Waals surface area contributed by atoms with Crippen molar-refractivity contribution in [2.45, 2.75) is 13.2 Å². The average Bonchev–Trinajstić information content (AvgIpc) is 3.13. The molecule has 1 saturated heterocycles. The molecule has 126 valence electrons. The fourth-order valence-corrected chi connectivity index (χ4v) is 2.23. The van der Waals surface area contributed by atoms with E-state index in [1.807, 2.05) is 12.1 Å². The molecule has 7 nitrogen and oxygen atoms in total. The third-order valence-electron chi connectivity index (χ3n) is 3.44. The highest BCUT2D eigenvalue weighted by Gasteiger charge is 2.13. The van der Waals surface area contributed by atoms with Gasteiger partial charge < -0.3 is 9.47 Å². The molecule has 0 unspecified atom stereocenters. The van der Waals surface area contributed by atoms with Gasteiger partial charge in [-0.05, 0) is 12.1 Å². The number of halogens is 1. The first kappa shape index (κ1) is 16.0. The summed E-state index contributed by atoms with van der Waals surface area (Å²) < 4.78 is 25.0. The van der Waals surface area contributed by atoms with Gasteiger partial charge in [0, 0.05) is 11.1 Å². The summed E-state index contributed by atoms with van der Waals surface area (Å²) in [5, 5.41) is 0. The van der Waals surface area contributed by atoms with Gasteiger partial charge in [-0.2, -0.15) is 11.1 Å². The summed E-state index contributed by atoms with van der Waals surface area (Å²) in [7, 11) is 1.56. The number of aliphatic imine (C=N–C) groups is 1. The van der Waals surface area contributed by atoms with E-state index in [0.29, 0.717) is 29.6 Å². The Balaban J connectivity index is 1.79. The van der Waals surface area contributed by atoms with E-state index in [2.05, 4.69) is 26.9 Å². The molecule has 1 aliphatic heterocycles. The van der Waals surface area contributed by atoms with Crippen molar-refractivity contribution < 1.29 is 13.9 Å². The zero-order chi connectivity index (χ0) is 16.8. The summed E-state index contributed by atoms with van der Waals surface area (Å²) in [6, 6.07) is 12.1. The van der Waals surface area contributed by atoms with E-state index in [1.165, 1.54) is 6.07 Å². The van der Waals surface area contributed by atoms with E-state index in [-0.39, 0.29) is 12.4 Å². The van der Waals surface area contributed by atoms with Crippen molar-refractivity contribution in [1.29, 1.82) is 0 Å². The van der Waals surface area contributed by atoms with Crippen LogP contribution in [0.15, 0.2) is 47.5 Å². The Bertz CT molecular complexity index is 730. The van der Waals surface area contributed by atoms with E-state index in [9.17, 15) is 4.39 Å². The molecule has 1 aliphatic rings. The molecule has 2 aromatic rings. The maximum absolute atomic E-state index is 13.8. The molecule has 4 N–H and O–H groups in total. The van der Waals surface area contributed by atoms with Crippen LogP contribution >= 0.6 is 0 Å². The van der Waals surface area contributed by atoms with Crippen molar-refractivity contribution >= 4 is 5.96 Å². The van der Waals surface area contributed by atoms with Crippen LogP contribution in [-0.4, -0.2) is 13.1 Å². The van der Waals surface area contributed by atoms with Crippen LogP contribution in [-0.2, 0) is 13.2 Å². The topological polar surface area (TPSA) is 78.9 Å². The summed E-state index contributed by atoms with van der Waals surface area (Å²) in [6.45, 7) is 0.471. The molecule has 24 heavy (non-hydrogen) atoms. The number of nitrogens with one attached hydrogen (secondary N) is 4. The molecule has 0 spiro atoms. The van der Waals surface area contributed by atoms with E-state index < -0.39 is 0 Å². The highest BCUT2D eigenvalue weighted by molar-refractivity contribution is 5.79. The lowest BCUT2D eigenvalue weighted by molar-refractivity contribution is 0.277. The molecule has 0 aromatic heterocycles. The van der Waals surface area contributed by atoms with Gasteiger partial charge in [0.15, 0.2) is 11.5 Å². The number of hydrogen-bond acceptors (Lipinski definition) is 5. The van der Waals surface area contributed by atoms with Gasteiger partial charge in [0.25, 0.3) is 0 Å². The molecule has 1 fully saturated rings. The minimum absolute atomic E-state index is 0.107. The number of benzene rings is 2. The average molecular weight is 331 g/mol. The van der Waals surface area contributed by atoms with Gasteiger partial charge in [-0.1, -0.05) is 30.3 Å². The smallest absolute Gasteiger partial charge is 0.223 e. The number of nitrogens with zero attached hydrogens (tertiary/aromatic N) is 1. The SMILES string of the molecule is COc1cccc(CN=C2NNNN2)c1OCc1ccccc1F. The van der Waals surface area contributed by atoms with Crippen LogP contribution in [0.2, 0.25) is 0 Å². The number of hydrogen-bond donors (Lipinski definition) is 4. The quantitative estimate of drug-likeness (QED) is 0.641. The summed E-state index contributed by atoms with van der Waals surface area (Å²) in [5.41, 5.74) is 12.2.